The zero-order chi connectivity index (χ0) is 13.8. The predicted octanol–water partition coefficient (Wildman–Crippen LogP) is 3.58. The molecular formula is C15H19ClN2O. The number of hydrogen-bond acceptors (Lipinski definition) is 3. The summed E-state index contributed by atoms with van der Waals surface area (Å²) in [6, 6.07) is 10.2. The van der Waals surface area contributed by atoms with Crippen LogP contribution in [-0.4, -0.2) is 11.9 Å². The van der Waals surface area contributed by atoms with Crippen molar-refractivity contribution in [1.29, 1.82) is 0 Å². The van der Waals surface area contributed by atoms with Gasteiger partial charge in [0.15, 0.2) is 0 Å². The van der Waals surface area contributed by atoms with Crippen LogP contribution < -0.4 is 5.73 Å². The highest BCUT2D eigenvalue weighted by Gasteiger charge is 2.13. The molecule has 0 radical (unpaired) electrons. The van der Waals surface area contributed by atoms with Crippen molar-refractivity contribution in [2.24, 2.45) is 5.73 Å². The number of nitrogens with two attached hydrogens (primary N) is 1. The van der Waals surface area contributed by atoms with Crippen LogP contribution in [0.4, 0.5) is 0 Å². The maximum atomic E-state index is 5.90. The molecule has 0 bridgehead atoms. The first-order valence-electron chi connectivity index (χ1n) is 6.32. The Morgan fingerprint density at radius 1 is 1.32 bits per heavy atom. The Morgan fingerprint density at radius 3 is 2.58 bits per heavy atom. The van der Waals surface area contributed by atoms with Crippen LogP contribution in [0, 0.1) is 0 Å². The SMILES string of the molecule is CC(c1ccc(Cl)cc1)N(C)Cc1cc(CN)co1. The maximum absolute atomic E-state index is 5.90. The van der Waals surface area contributed by atoms with E-state index in [9.17, 15) is 0 Å². The van der Waals surface area contributed by atoms with E-state index in [4.69, 9.17) is 21.8 Å². The Balaban J connectivity index is 2.02. The molecule has 0 saturated carbocycles. The van der Waals surface area contributed by atoms with Crippen molar-refractivity contribution in [3.8, 4) is 0 Å². The van der Waals surface area contributed by atoms with E-state index >= 15 is 0 Å². The van der Waals surface area contributed by atoms with Gasteiger partial charge in [0.05, 0.1) is 12.8 Å². The summed E-state index contributed by atoms with van der Waals surface area (Å²) in [7, 11) is 2.07. The first-order chi connectivity index (χ1) is 9.10. The third kappa shape index (κ3) is 3.60. The summed E-state index contributed by atoms with van der Waals surface area (Å²) in [5, 5.41) is 0.761. The standard InChI is InChI=1S/C15H19ClN2O/c1-11(13-3-5-14(16)6-4-13)18(2)9-15-7-12(8-17)10-19-15/h3-7,10-11H,8-9,17H2,1-2H3. The fourth-order valence-electron chi connectivity index (χ4n) is 1.99. The van der Waals surface area contributed by atoms with E-state index in [0.717, 1.165) is 22.9 Å². The van der Waals surface area contributed by atoms with Crippen molar-refractivity contribution >= 4 is 11.6 Å². The molecule has 19 heavy (non-hydrogen) atoms. The lowest BCUT2D eigenvalue weighted by molar-refractivity contribution is 0.232. The van der Waals surface area contributed by atoms with Crippen molar-refractivity contribution < 1.29 is 4.42 Å². The molecule has 102 valence electrons. The molecule has 2 aromatic rings. The van der Waals surface area contributed by atoms with E-state index in [0.29, 0.717) is 12.6 Å². The van der Waals surface area contributed by atoms with Gasteiger partial charge in [-0.3, -0.25) is 4.90 Å². The highest BCUT2D eigenvalue weighted by molar-refractivity contribution is 6.30. The molecule has 0 saturated heterocycles. The van der Waals surface area contributed by atoms with Crippen LogP contribution in [-0.2, 0) is 13.1 Å². The molecule has 1 aromatic heterocycles. The summed E-state index contributed by atoms with van der Waals surface area (Å²) in [6.07, 6.45) is 1.72. The largest absolute Gasteiger partial charge is 0.468 e. The van der Waals surface area contributed by atoms with E-state index in [2.05, 4.69) is 31.0 Å². The third-order valence-electron chi connectivity index (χ3n) is 3.36. The lowest BCUT2D eigenvalue weighted by Crippen LogP contribution is -2.21. The third-order valence-corrected chi connectivity index (χ3v) is 3.61. The van der Waals surface area contributed by atoms with Gasteiger partial charge in [-0.1, -0.05) is 23.7 Å². The van der Waals surface area contributed by atoms with Crippen LogP contribution in [0.25, 0.3) is 0 Å². The minimum atomic E-state index is 0.295. The smallest absolute Gasteiger partial charge is 0.118 e. The molecule has 1 unspecified atom stereocenters. The number of furan rings is 1. The molecule has 0 aliphatic rings. The number of nitrogens with zero attached hydrogens (tertiary/aromatic N) is 1. The Kier molecular flexibility index (Phi) is 4.64. The first-order valence-corrected chi connectivity index (χ1v) is 6.70. The summed E-state index contributed by atoms with van der Waals surface area (Å²) < 4.78 is 5.49. The molecule has 2 rings (SSSR count). The van der Waals surface area contributed by atoms with Crippen LogP contribution in [0.15, 0.2) is 41.0 Å². The molecule has 1 heterocycles. The molecule has 0 aliphatic heterocycles. The van der Waals surface area contributed by atoms with Gasteiger partial charge in [0.2, 0.25) is 0 Å². The average Bonchev–Trinajstić information content (AvgIpc) is 2.86. The lowest BCUT2D eigenvalue weighted by atomic mass is 10.1. The van der Waals surface area contributed by atoms with Gasteiger partial charge in [0, 0.05) is 23.2 Å². The van der Waals surface area contributed by atoms with E-state index in [1.807, 2.05) is 18.2 Å². The van der Waals surface area contributed by atoms with Crippen LogP contribution in [0.1, 0.15) is 29.9 Å². The minimum Gasteiger partial charge on any atom is -0.468 e. The summed E-state index contributed by atoms with van der Waals surface area (Å²) >= 11 is 5.90. The summed E-state index contributed by atoms with van der Waals surface area (Å²) in [5.41, 5.74) is 7.84. The molecular weight excluding hydrogens is 260 g/mol. The van der Waals surface area contributed by atoms with Gasteiger partial charge in [0.25, 0.3) is 0 Å². The van der Waals surface area contributed by atoms with Crippen molar-refractivity contribution in [2.45, 2.75) is 26.1 Å². The number of rotatable bonds is 5. The Hall–Kier alpha value is -1.29. The van der Waals surface area contributed by atoms with Gasteiger partial charge in [-0.25, -0.2) is 0 Å². The average molecular weight is 279 g/mol. The highest BCUT2D eigenvalue weighted by atomic mass is 35.5. The lowest BCUT2D eigenvalue weighted by Gasteiger charge is -2.24. The van der Waals surface area contributed by atoms with Gasteiger partial charge in [-0.2, -0.15) is 0 Å². The van der Waals surface area contributed by atoms with Gasteiger partial charge in [-0.05, 0) is 37.7 Å². The zero-order valence-corrected chi connectivity index (χ0v) is 12.0. The fraction of sp³-hybridized carbons (Fsp3) is 0.333. The van der Waals surface area contributed by atoms with Crippen LogP contribution in [0.2, 0.25) is 5.02 Å². The van der Waals surface area contributed by atoms with E-state index in [1.54, 1.807) is 6.26 Å². The van der Waals surface area contributed by atoms with E-state index < -0.39 is 0 Å². The second kappa shape index (κ2) is 6.24. The molecule has 4 heteroatoms. The molecule has 0 spiro atoms. The van der Waals surface area contributed by atoms with Crippen LogP contribution >= 0.6 is 11.6 Å². The summed E-state index contributed by atoms with van der Waals surface area (Å²) in [5.74, 6) is 0.934. The molecule has 2 N–H and O–H groups in total. The molecule has 0 amide bonds. The topological polar surface area (TPSA) is 42.4 Å². The van der Waals surface area contributed by atoms with Crippen LogP contribution in [0.3, 0.4) is 0 Å². The molecule has 3 nitrogen and oxygen atoms in total. The van der Waals surface area contributed by atoms with Crippen molar-refractivity contribution in [2.75, 3.05) is 7.05 Å². The number of halogens is 1. The van der Waals surface area contributed by atoms with Crippen molar-refractivity contribution in [3.63, 3.8) is 0 Å². The molecule has 0 aliphatic carbocycles. The van der Waals surface area contributed by atoms with Gasteiger partial charge in [0.1, 0.15) is 5.76 Å². The number of benzene rings is 1. The van der Waals surface area contributed by atoms with Crippen molar-refractivity contribution in [1.82, 2.24) is 4.90 Å². The quantitative estimate of drug-likeness (QED) is 0.909. The summed E-state index contributed by atoms with van der Waals surface area (Å²) in [4.78, 5) is 2.22. The molecule has 1 aromatic carbocycles. The fourth-order valence-corrected chi connectivity index (χ4v) is 2.12. The molecule has 1 atom stereocenters. The normalized spacial score (nSPS) is 12.9. The zero-order valence-electron chi connectivity index (χ0n) is 11.3. The monoisotopic (exact) mass is 278 g/mol. The Morgan fingerprint density at radius 2 is 2.00 bits per heavy atom. The first kappa shape index (κ1) is 14.1. The van der Waals surface area contributed by atoms with Gasteiger partial charge < -0.3 is 10.2 Å². The van der Waals surface area contributed by atoms with Gasteiger partial charge >= 0.3 is 0 Å². The van der Waals surface area contributed by atoms with Crippen molar-refractivity contribution in [3.05, 3.63) is 58.5 Å². The molecule has 0 fully saturated rings. The summed E-state index contributed by atoms with van der Waals surface area (Å²) in [6.45, 7) is 3.43. The Labute approximate surface area is 119 Å². The highest BCUT2D eigenvalue weighted by Crippen LogP contribution is 2.22. The minimum absolute atomic E-state index is 0.295. The second-order valence-corrected chi connectivity index (χ2v) is 5.20. The van der Waals surface area contributed by atoms with E-state index in [1.165, 1.54) is 5.56 Å². The number of hydrogen-bond donors (Lipinski definition) is 1. The van der Waals surface area contributed by atoms with Crippen LogP contribution in [0.5, 0.6) is 0 Å². The predicted molar refractivity (Wildman–Crippen MR) is 77.9 cm³/mol. The second-order valence-electron chi connectivity index (χ2n) is 4.77. The maximum Gasteiger partial charge on any atom is 0.118 e. The van der Waals surface area contributed by atoms with E-state index in [-0.39, 0.29) is 0 Å². The van der Waals surface area contributed by atoms with Gasteiger partial charge in [-0.15, -0.1) is 0 Å². The Bertz CT molecular complexity index is 521.